The van der Waals surface area contributed by atoms with Crippen molar-refractivity contribution in [1.82, 2.24) is 4.98 Å². The molecule has 0 aliphatic heterocycles. The second-order valence-electron chi connectivity index (χ2n) is 6.98. The van der Waals surface area contributed by atoms with E-state index in [2.05, 4.69) is 58.8 Å². The summed E-state index contributed by atoms with van der Waals surface area (Å²) < 4.78 is 0. The predicted octanol–water partition coefficient (Wildman–Crippen LogP) is 5.14. The molecule has 1 unspecified atom stereocenters. The Hall–Kier alpha value is -0.850. The maximum atomic E-state index is 4.45. The summed E-state index contributed by atoms with van der Waals surface area (Å²) in [5, 5.41) is 0. The van der Waals surface area contributed by atoms with E-state index in [1.807, 2.05) is 6.20 Å². The Labute approximate surface area is 113 Å². The van der Waals surface area contributed by atoms with Crippen LogP contribution in [0.25, 0.3) is 0 Å². The van der Waals surface area contributed by atoms with Gasteiger partial charge in [-0.2, -0.15) is 0 Å². The second kappa shape index (κ2) is 5.86. The van der Waals surface area contributed by atoms with Crippen LogP contribution in [0.15, 0.2) is 18.5 Å². The van der Waals surface area contributed by atoms with Crippen LogP contribution in [0, 0.1) is 5.41 Å². The zero-order valence-electron chi connectivity index (χ0n) is 13.0. The van der Waals surface area contributed by atoms with Crippen molar-refractivity contribution in [3.05, 3.63) is 29.6 Å². The van der Waals surface area contributed by atoms with Crippen LogP contribution in [0.1, 0.15) is 71.9 Å². The van der Waals surface area contributed by atoms with Crippen LogP contribution in [-0.4, -0.2) is 4.98 Å². The highest BCUT2D eigenvalue weighted by molar-refractivity contribution is 5.26. The lowest BCUT2D eigenvalue weighted by Crippen LogP contribution is -2.27. The fourth-order valence-corrected chi connectivity index (χ4v) is 2.84. The van der Waals surface area contributed by atoms with E-state index >= 15 is 0 Å². The standard InChI is InChI=1S/C17H29N/c1-7-9-14-10-15(12-18-11-14)17(6,8-2)13-16(3,4)5/h10-12H,7-9,13H2,1-6H3. The number of hydrogen-bond acceptors (Lipinski definition) is 1. The van der Waals surface area contributed by atoms with Crippen LogP contribution in [0.4, 0.5) is 0 Å². The van der Waals surface area contributed by atoms with Crippen molar-refractivity contribution in [2.24, 2.45) is 5.41 Å². The molecule has 0 aliphatic rings. The van der Waals surface area contributed by atoms with Gasteiger partial charge < -0.3 is 0 Å². The highest BCUT2D eigenvalue weighted by Gasteiger charge is 2.30. The molecule has 0 amide bonds. The number of pyridine rings is 1. The zero-order chi connectivity index (χ0) is 13.8. The van der Waals surface area contributed by atoms with Crippen LogP contribution in [0.2, 0.25) is 0 Å². The van der Waals surface area contributed by atoms with Crippen LogP contribution in [-0.2, 0) is 11.8 Å². The minimum absolute atomic E-state index is 0.245. The smallest absolute Gasteiger partial charge is 0.0305 e. The van der Waals surface area contributed by atoms with Gasteiger partial charge in [0.1, 0.15) is 0 Å². The molecular weight excluding hydrogens is 218 g/mol. The SMILES string of the molecule is CCCc1cncc(C(C)(CC)CC(C)(C)C)c1. The first-order valence-electron chi connectivity index (χ1n) is 7.25. The highest BCUT2D eigenvalue weighted by atomic mass is 14.6. The molecule has 0 aliphatic carbocycles. The van der Waals surface area contributed by atoms with E-state index in [1.165, 1.54) is 30.4 Å². The molecule has 0 saturated carbocycles. The summed E-state index contributed by atoms with van der Waals surface area (Å²) in [6.45, 7) is 13.9. The average Bonchev–Trinajstić information content (AvgIpc) is 2.27. The van der Waals surface area contributed by atoms with Crippen molar-refractivity contribution in [3.8, 4) is 0 Å². The van der Waals surface area contributed by atoms with Crippen LogP contribution in [0.3, 0.4) is 0 Å². The van der Waals surface area contributed by atoms with Gasteiger partial charge in [-0.05, 0) is 41.2 Å². The van der Waals surface area contributed by atoms with Crippen molar-refractivity contribution in [2.75, 3.05) is 0 Å². The summed E-state index contributed by atoms with van der Waals surface area (Å²) in [7, 11) is 0. The van der Waals surface area contributed by atoms with Crippen molar-refractivity contribution >= 4 is 0 Å². The van der Waals surface area contributed by atoms with E-state index in [0.29, 0.717) is 5.41 Å². The molecule has 1 atom stereocenters. The van der Waals surface area contributed by atoms with E-state index < -0.39 is 0 Å². The van der Waals surface area contributed by atoms with E-state index in [9.17, 15) is 0 Å². The van der Waals surface area contributed by atoms with Gasteiger partial charge in [-0.15, -0.1) is 0 Å². The average molecular weight is 247 g/mol. The third-order valence-corrected chi connectivity index (χ3v) is 3.73. The summed E-state index contributed by atoms with van der Waals surface area (Å²) in [5.74, 6) is 0. The van der Waals surface area contributed by atoms with Gasteiger partial charge >= 0.3 is 0 Å². The van der Waals surface area contributed by atoms with E-state index in [4.69, 9.17) is 0 Å². The Morgan fingerprint density at radius 1 is 1.06 bits per heavy atom. The first-order chi connectivity index (χ1) is 8.30. The molecule has 0 spiro atoms. The molecule has 1 heteroatoms. The van der Waals surface area contributed by atoms with Gasteiger partial charge in [0.15, 0.2) is 0 Å². The predicted molar refractivity (Wildman–Crippen MR) is 79.9 cm³/mol. The Kier molecular flexibility index (Phi) is 4.95. The molecule has 0 fully saturated rings. The van der Waals surface area contributed by atoms with Gasteiger partial charge in [-0.1, -0.05) is 54.0 Å². The molecule has 0 radical (unpaired) electrons. The lowest BCUT2D eigenvalue weighted by atomic mass is 9.69. The second-order valence-corrected chi connectivity index (χ2v) is 6.98. The minimum Gasteiger partial charge on any atom is -0.264 e. The Balaban J connectivity index is 3.03. The monoisotopic (exact) mass is 247 g/mol. The summed E-state index contributed by atoms with van der Waals surface area (Å²) in [4.78, 5) is 4.45. The fraction of sp³-hybridized carbons (Fsp3) is 0.706. The maximum absolute atomic E-state index is 4.45. The highest BCUT2D eigenvalue weighted by Crippen LogP contribution is 2.39. The Morgan fingerprint density at radius 2 is 1.72 bits per heavy atom. The lowest BCUT2D eigenvalue weighted by Gasteiger charge is -2.35. The van der Waals surface area contributed by atoms with E-state index in [1.54, 1.807) is 0 Å². The fourth-order valence-electron chi connectivity index (χ4n) is 2.84. The first-order valence-corrected chi connectivity index (χ1v) is 7.25. The minimum atomic E-state index is 0.245. The Morgan fingerprint density at radius 3 is 2.22 bits per heavy atom. The molecule has 1 aromatic heterocycles. The van der Waals surface area contributed by atoms with E-state index in [0.717, 1.165) is 6.42 Å². The van der Waals surface area contributed by atoms with Crippen molar-refractivity contribution < 1.29 is 0 Å². The summed E-state index contributed by atoms with van der Waals surface area (Å²) in [6.07, 6.45) is 8.77. The number of nitrogens with zero attached hydrogens (tertiary/aromatic N) is 1. The summed E-state index contributed by atoms with van der Waals surface area (Å²) >= 11 is 0. The normalized spacial score (nSPS) is 15.4. The zero-order valence-corrected chi connectivity index (χ0v) is 13.0. The maximum Gasteiger partial charge on any atom is 0.0305 e. The van der Waals surface area contributed by atoms with Gasteiger partial charge in [0, 0.05) is 12.4 Å². The van der Waals surface area contributed by atoms with Gasteiger partial charge in [-0.3, -0.25) is 4.98 Å². The van der Waals surface area contributed by atoms with Gasteiger partial charge in [-0.25, -0.2) is 0 Å². The topological polar surface area (TPSA) is 12.9 Å². The lowest BCUT2D eigenvalue weighted by molar-refractivity contribution is 0.261. The molecule has 18 heavy (non-hydrogen) atoms. The molecule has 102 valence electrons. The summed E-state index contributed by atoms with van der Waals surface area (Å²) in [6, 6.07) is 2.37. The first kappa shape index (κ1) is 15.2. The van der Waals surface area contributed by atoms with Gasteiger partial charge in [0.05, 0.1) is 0 Å². The number of aromatic nitrogens is 1. The van der Waals surface area contributed by atoms with Gasteiger partial charge in [0.25, 0.3) is 0 Å². The summed E-state index contributed by atoms with van der Waals surface area (Å²) in [5.41, 5.74) is 3.38. The third kappa shape index (κ3) is 4.12. The molecule has 0 bridgehead atoms. The van der Waals surface area contributed by atoms with Crippen molar-refractivity contribution in [3.63, 3.8) is 0 Å². The molecular formula is C17H29N. The quantitative estimate of drug-likeness (QED) is 0.702. The molecule has 1 heterocycles. The molecule has 0 saturated heterocycles. The molecule has 1 aromatic rings. The van der Waals surface area contributed by atoms with Crippen LogP contribution >= 0.6 is 0 Å². The van der Waals surface area contributed by atoms with Crippen LogP contribution < -0.4 is 0 Å². The number of rotatable bonds is 5. The van der Waals surface area contributed by atoms with Crippen LogP contribution in [0.5, 0.6) is 0 Å². The molecule has 1 nitrogen and oxygen atoms in total. The molecule has 0 N–H and O–H groups in total. The largest absolute Gasteiger partial charge is 0.264 e. The number of aryl methyl sites for hydroxylation is 1. The molecule has 1 rings (SSSR count). The molecule has 0 aromatic carbocycles. The third-order valence-electron chi connectivity index (χ3n) is 3.73. The number of hydrogen-bond donors (Lipinski definition) is 0. The van der Waals surface area contributed by atoms with Crippen molar-refractivity contribution in [1.29, 1.82) is 0 Å². The Bertz CT molecular complexity index is 375. The van der Waals surface area contributed by atoms with E-state index in [-0.39, 0.29) is 5.41 Å². The van der Waals surface area contributed by atoms with Gasteiger partial charge in [0.2, 0.25) is 0 Å². The van der Waals surface area contributed by atoms with Crippen molar-refractivity contribution in [2.45, 2.75) is 72.6 Å².